The van der Waals surface area contributed by atoms with Crippen molar-refractivity contribution >= 4 is 11.9 Å². The third kappa shape index (κ3) is 8.30. The summed E-state index contributed by atoms with van der Waals surface area (Å²) >= 11 is 0. The van der Waals surface area contributed by atoms with Gasteiger partial charge in [0, 0.05) is 32.2 Å². The van der Waals surface area contributed by atoms with Gasteiger partial charge in [-0.1, -0.05) is 49.6 Å². The molecule has 0 saturated heterocycles. The molecule has 3 N–H and O–H groups in total. The third-order valence-electron chi connectivity index (χ3n) is 5.49. The lowest BCUT2D eigenvalue weighted by atomic mass is 9.95. The van der Waals surface area contributed by atoms with Crippen molar-refractivity contribution in [2.75, 3.05) is 27.2 Å². The molecule has 1 atom stereocenters. The maximum Gasteiger partial charge on any atom is 0.239 e. The summed E-state index contributed by atoms with van der Waals surface area (Å²) in [5.74, 6) is 0.725. The zero-order chi connectivity index (χ0) is 20.2. The van der Waals surface area contributed by atoms with Gasteiger partial charge in [0.1, 0.15) is 0 Å². The van der Waals surface area contributed by atoms with E-state index in [2.05, 4.69) is 64.1 Å². The number of carbonyl (C=O) groups is 1. The first-order chi connectivity index (χ1) is 13.6. The molecule has 1 fully saturated rings. The van der Waals surface area contributed by atoms with Crippen LogP contribution in [0.4, 0.5) is 0 Å². The van der Waals surface area contributed by atoms with Crippen molar-refractivity contribution in [1.82, 2.24) is 20.9 Å². The molecule has 0 spiro atoms. The Hall–Kier alpha value is -2.08. The van der Waals surface area contributed by atoms with E-state index in [4.69, 9.17) is 0 Å². The van der Waals surface area contributed by atoms with Gasteiger partial charge >= 0.3 is 0 Å². The Morgan fingerprint density at radius 1 is 1.18 bits per heavy atom. The second kappa shape index (κ2) is 12.4. The molecule has 0 aromatic heterocycles. The predicted molar refractivity (Wildman–Crippen MR) is 116 cm³/mol. The number of hydrogen-bond donors (Lipinski definition) is 3. The molecule has 1 saturated carbocycles. The minimum absolute atomic E-state index is 0.0470. The molecule has 1 aliphatic rings. The summed E-state index contributed by atoms with van der Waals surface area (Å²) in [5, 5.41) is 9.54. The highest BCUT2D eigenvalue weighted by Gasteiger charge is 2.15. The highest BCUT2D eigenvalue weighted by Crippen LogP contribution is 2.17. The molecule has 28 heavy (non-hydrogen) atoms. The number of nitrogens with zero attached hydrogens (tertiary/aromatic N) is 2. The van der Waals surface area contributed by atoms with Crippen LogP contribution in [0.3, 0.4) is 0 Å². The molecule has 0 heterocycles. The quantitative estimate of drug-likeness (QED) is 0.450. The molecular formula is C22H37N5O. The topological polar surface area (TPSA) is 68.8 Å². The molecule has 1 unspecified atom stereocenters. The van der Waals surface area contributed by atoms with Crippen LogP contribution in [-0.2, 0) is 11.3 Å². The highest BCUT2D eigenvalue weighted by atomic mass is 16.2. The van der Waals surface area contributed by atoms with E-state index < -0.39 is 0 Å². The van der Waals surface area contributed by atoms with E-state index in [0.717, 1.165) is 32.4 Å². The van der Waals surface area contributed by atoms with E-state index in [-0.39, 0.29) is 12.5 Å². The van der Waals surface area contributed by atoms with Crippen LogP contribution < -0.4 is 16.0 Å². The Balaban J connectivity index is 1.62. The normalized spacial score (nSPS) is 16.6. The highest BCUT2D eigenvalue weighted by molar-refractivity contribution is 5.86. The molecule has 2 rings (SSSR count). The molecule has 6 nitrogen and oxygen atoms in total. The maximum absolute atomic E-state index is 12.1. The molecule has 156 valence electrons. The van der Waals surface area contributed by atoms with Crippen LogP contribution in [0, 0.1) is 0 Å². The van der Waals surface area contributed by atoms with Gasteiger partial charge in [-0.05, 0) is 38.8 Å². The number of benzene rings is 1. The SMILES string of the molecule is CN=C(NCCC(C)N(C)Cc1ccccc1)NCC(=O)NC1CCCCC1. The Morgan fingerprint density at radius 3 is 2.57 bits per heavy atom. The van der Waals surface area contributed by atoms with E-state index in [9.17, 15) is 4.79 Å². The van der Waals surface area contributed by atoms with Crippen LogP contribution in [0.15, 0.2) is 35.3 Å². The second-order valence-corrected chi connectivity index (χ2v) is 7.79. The lowest BCUT2D eigenvalue weighted by molar-refractivity contribution is -0.120. The average Bonchev–Trinajstić information content (AvgIpc) is 2.71. The summed E-state index contributed by atoms with van der Waals surface area (Å²) in [6.45, 7) is 4.25. The molecule has 1 aliphatic carbocycles. The first kappa shape index (κ1) is 22.2. The van der Waals surface area contributed by atoms with Crippen molar-refractivity contribution in [2.24, 2.45) is 4.99 Å². The fourth-order valence-electron chi connectivity index (χ4n) is 3.56. The zero-order valence-corrected chi connectivity index (χ0v) is 17.7. The van der Waals surface area contributed by atoms with Gasteiger partial charge in [0.2, 0.25) is 5.91 Å². The van der Waals surface area contributed by atoms with Crippen LogP contribution in [0.25, 0.3) is 0 Å². The number of hydrogen-bond acceptors (Lipinski definition) is 3. The van der Waals surface area contributed by atoms with Gasteiger partial charge < -0.3 is 16.0 Å². The lowest BCUT2D eigenvalue weighted by Gasteiger charge is -2.25. The number of nitrogens with one attached hydrogen (secondary N) is 3. The fourth-order valence-corrected chi connectivity index (χ4v) is 3.56. The molecule has 1 aromatic carbocycles. The van der Waals surface area contributed by atoms with Crippen molar-refractivity contribution in [1.29, 1.82) is 0 Å². The first-order valence-electron chi connectivity index (χ1n) is 10.6. The van der Waals surface area contributed by atoms with E-state index in [1.807, 2.05) is 6.07 Å². The minimum atomic E-state index is 0.0470. The van der Waals surface area contributed by atoms with Gasteiger partial charge in [-0.25, -0.2) is 0 Å². The lowest BCUT2D eigenvalue weighted by Crippen LogP contribution is -2.46. The fraction of sp³-hybridized carbons (Fsp3) is 0.636. The van der Waals surface area contributed by atoms with E-state index in [0.29, 0.717) is 18.0 Å². The van der Waals surface area contributed by atoms with Crippen molar-refractivity contribution in [2.45, 2.75) is 64.1 Å². The summed E-state index contributed by atoms with van der Waals surface area (Å²) in [6, 6.07) is 11.3. The predicted octanol–water partition coefficient (Wildman–Crippen LogP) is 2.51. The van der Waals surface area contributed by atoms with Crippen LogP contribution in [0.1, 0.15) is 51.0 Å². The van der Waals surface area contributed by atoms with E-state index >= 15 is 0 Å². The van der Waals surface area contributed by atoms with Crippen molar-refractivity contribution in [3.8, 4) is 0 Å². The van der Waals surface area contributed by atoms with E-state index in [1.165, 1.54) is 24.8 Å². The minimum Gasteiger partial charge on any atom is -0.356 e. The van der Waals surface area contributed by atoms with Gasteiger partial charge in [-0.15, -0.1) is 0 Å². The summed E-state index contributed by atoms with van der Waals surface area (Å²) < 4.78 is 0. The number of aliphatic imine (C=N–C) groups is 1. The molecule has 0 aliphatic heterocycles. The summed E-state index contributed by atoms with van der Waals surface area (Å²) in [7, 11) is 3.89. The Kier molecular flexibility index (Phi) is 9.83. The van der Waals surface area contributed by atoms with Gasteiger partial charge in [0.05, 0.1) is 6.54 Å². The molecule has 1 aromatic rings. The average molecular weight is 388 g/mol. The van der Waals surface area contributed by atoms with Crippen LogP contribution in [0.2, 0.25) is 0 Å². The summed E-state index contributed by atoms with van der Waals surface area (Å²) in [5.41, 5.74) is 1.33. The van der Waals surface area contributed by atoms with Crippen LogP contribution in [-0.4, -0.2) is 56.0 Å². The van der Waals surface area contributed by atoms with Crippen LogP contribution in [0.5, 0.6) is 0 Å². The number of guanidine groups is 1. The third-order valence-corrected chi connectivity index (χ3v) is 5.49. The van der Waals surface area contributed by atoms with Gasteiger partial charge in [0.15, 0.2) is 5.96 Å². The first-order valence-corrected chi connectivity index (χ1v) is 10.6. The number of carbonyl (C=O) groups excluding carboxylic acids is 1. The molecule has 6 heteroatoms. The molecule has 0 radical (unpaired) electrons. The standard InChI is InChI=1S/C22H37N5O/c1-18(27(3)17-19-10-6-4-7-11-19)14-15-24-22(23-2)25-16-21(28)26-20-12-8-5-9-13-20/h4,6-7,10-11,18,20H,5,8-9,12-17H2,1-3H3,(H,26,28)(H2,23,24,25). The Labute approximate surface area is 170 Å². The largest absolute Gasteiger partial charge is 0.356 e. The maximum atomic E-state index is 12.1. The monoisotopic (exact) mass is 387 g/mol. The Morgan fingerprint density at radius 2 is 1.89 bits per heavy atom. The molecular weight excluding hydrogens is 350 g/mol. The van der Waals surface area contributed by atoms with Crippen molar-refractivity contribution in [3.05, 3.63) is 35.9 Å². The van der Waals surface area contributed by atoms with Crippen molar-refractivity contribution in [3.63, 3.8) is 0 Å². The summed E-state index contributed by atoms with van der Waals surface area (Å²) in [6.07, 6.45) is 6.94. The molecule has 1 amide bonds. The van der Waals surface area contributed by atoms with Gasteiger partial charge in [-0.3, -0.25) is 14.7 Å². The Bertz CT molecular complexity index is 598. The van der Waals surface area contributed by atoms with Gasteiger partial charge in [-0.2, -0.15) is 0 Å². The van der Waals surface area contributed by atoms with Crippen LogP contribution >= 0.6 is 0 Å². The number of rotatable bonds is 9. The number of amides is 1. The summed E-state index contributed by atoms with van der Waals surface area (Å²) in [4.78, 5) is 18.7. The van der Waals surface area contributed by atoms with Crippen molar-refractivity contribution < 1.29 is 4.79 Å². The molecule has 0 bridgehead atoms. The van der Waals surface area contributed by atoms with Gasteiger partial charge in [0.25, 0.3) is 0 Å². The van der Waals surface area contributed by atoms with E-state index in [1.54, 1.807) is 7.05 Å². The zero-order valence-electron chi connectivity index (χ0n) is 17.7. The second-order valence-electron chi connectivity index (χ2n) is 7.79. The smallest absolute Gasteiger partial charge is 0.239 e.